The van der Waals surface area contributed by atoms with E-state index in [-0.39, 0.29) is 0 Å². The van der Waals surface area contributed by atoms with Crippen LogP contribution >= 0.6 is 11.6 Å². The molecule has 19 heavy (non-hydrogen) atoms. The third-order valence-electron chi connectivity index (χ3n) is 2.78. The molecule has 2 rings (SSSR count). The van der Waals surface area contributed by atoms with E-state index in [0.717, 1.165) is 11.1 Å². The van der Waals surface area contributed by atoms with Crippen LogP contribution in [0, 0.1) is 13.8 Å². The number of rotatable bonds is 2. The van der Waals surface area contributed by atoms with Gasteiger partial charge in [0.1, 0.15) is 11.4 Å². The van der Waals surface area contributed by atoms with Crippen molar-refractivity contribution in [1.29, 1.82) is 0 Å². The van der Waals surface area contributed by atoms with Gasteiger partial charge < -0.3 is 11.5 Å². The summed E-state index contributed by atoms with van der Waals surface area (Å²) in [6.07, 6.45) is 0. The van der Waals surface area contributed by atoms with Crippen LogP contribution in [0.5, 0.6) is 0 Å². The molecular weight excluding hydrogens is 260 g/mol. The molecule has 0 heterocycles. The lowest BCUT2D eigenvalue weighted by molar-refractivity contribution is 1.22. The highest BCUT2D eigenvalue weighted by Crippen LogP contribution is 2.31. The minimum Gasteiger partial charge on any atom is -0.398 e. The Morgan fingerprint density at radius 2 is 1.58 bits per heavy atom. The van der Waals surface area contributed by atoms with Gasteiger partial charge in [0.25, 0.3) is 0 Å². The maximum absolute atomic E-state index is 6.09. The molecule has 4 nitrogen and oxygen atoms in total. The number of aryl methyl sites for hydroxylation is 2. The Hall–Kier alpha value is -2.07. The highest BCUT2D eigenvalue weighted by Gasteiger charge is 2.03. The number of benzene rings is 2. The number of halogens is 1. The Kier molecular flexibility index (Phi) is 3.71. The van der Waals surface area contributed by atoms with Crippen LogP contribution in [0.4, 0.5) is 22.7 Å². The van der Waals surface area contributed by atoms with E-state index in [1.807, 2.05) is 32.0 Å². The molecule has 4 N–H and O–H groups in total. The zero-order valence-electron chi connectivity index (χ0n) is 10.8. The van der Waals surface area contributed by atoms with E-state index in [4.69, 9.17) is 23.1 Å². The van der Waals surface area contributed by atoms with Crippen LogP contribution in [-0.4, -0.2) is 0 Å². The first kappa shape index (κ1) is 13.4. The van der Waals surface area contributed by atoms with Crippen LogP contribution < -0.4 is 11.5 Å². The second kappa shape index (κ2) is 5.28. The number of anilines is 2. The van der Waals surface area contributed by atoms with Crippen molar-refractivity contribution in [3.05, 3.63) is 46.5 Å². The Bertz CT molecular complexity index is 650. The van der Waals surface area contributed by atoms with E-state index in [1.165, 1.54) is 0 Å². The smallest absolute Gasteiger partial charge is 0.109 e. The predicted octanol–water partition coefficient (Wildman–Crippen LogP) is 4.54. The maximum Gasteiger partial charge on any atom is 0.109 e. The van der Waals surface area contributed by atoms with Crippen LogP contribution in [0.2, 0.25) is 5.02 Å². The molecule has 0 aromatic heterocycles. The third-order valence-corrected chi connectivity index (χ3v) is 3.09. The predicted molar refractivity (Wildman–Crippen MR) is 80.4 cm³/mol. The average molecular weight is 275 g/mol. The Morgan fingerprint density at radius 3 is 2.26 bits per heavy atom. The molecule has 0 fully saturated rings. The third kappa shape index (κ3) is 3.03. The number of nitrogens with zero attached hydrogens (tertiary/aromatic N) is 2. The van der Waals surface area contributed by atoms with Crippen LogP contribution in [0.3, 0.4) is 0 Å². The molecule has 0 aliphatic carbocycles. The fourth-order valence-corrected chi connectivity index (χ4v) is 1.89. The number of hydrogen-bond acceptors (Lipinski definition) is 4. The van der Waals surface area contributed by atoms with Crippen molar-refractivity contribution in [2.75, 3.05) is 11.5 Å². The lowest BCUT2D eigenvalue weighted by Gasteiger charge is -2.04. The first-order valence-electron chi connectivity index (χ1n) is 5.81. The van der Waals surface area contributed by atoms with E-state index in [2.05, 4.69) is 10.2 Å². The van der Waals surface area contributed by atoms with Crippen molar-refractivity contribution >= 4 is 34.4 Å². The Labute approximate surface area is 117 Å². The molecule has 0 saturated heterocycles. The van der Waals surface area contributed by atoms with Gasteiger partial charge >= 0.3 is 0 Å². The van der Waals surface area contributed by atoms with Gasteiger partial charge in [-0.2, -0.15) is 0 Å². The van der Waals surface area contributed by atoms with Crippen molar-refractivity contribution in [1.82, 2.24) is 0 Å². The van der Waals surface area contributed by atoms with E-state index in [9.17, 15) is 0 Å². The van der Waals surface area contributed by atoms with Gasteiger partial charge in [-0.3, -0.25) is 0 Å². The second-order valence-corrected chi connectivity index (χ2v) is 4.83. The molecule has 0 aliphatic rings. The van der Waals surface area contributed by atoms with Gasteiger partial charge in [-0.05, 0) is 49.2 Å². The van der Waals surface area contributed by atoms with Gasteiger partial charge in [0.15, 0.2) is 0 Å². The SMILES string of the molecule is Cc1ccc(N=Nc2cc(C)c(N)cc2N)c(Cl)c1. The first-order chi connectivity index (χ1) is 8.97. The Balaban J connectivity index is 2.35. The molecule has 2 aromatic rings. The molecule has 0 spiro atoms. The molecule has 0 saturated carbocycles. The molecule has 0 radical (unpaired) electrons. The standard InChI is InChI=1S/C14H15ClN4/c1-8-3-4-13(10(15)5-8)18-19-14-6-9(2)11(16)7-12(14)17/h3-7H,16-17H2,1-2H3. The van der Waals surface area contributed by atoms with Crippen molar-refractivity contribution in [3.63, 3.8) is 0 Å². The Morgan fingerprint density at radius 1 is 0.895 bits per heavy atom. The van der Waals surface area contributed by atoms with E-state index < -0.39 is 0 Å². The van der Waals surface area contributed by atoms with Gasteiger partial charge in [0, 0.05) is 5.69 Å². The van der Waals surface area contributed by atoms with E-state index >= 15 is 0 Å². The van der Waals surface area contributed by atoms with Crippen molar-refractivity contribution in [2.24, 2.45) is 10.2 Å². The monoisotopic (exact) mass is 274 g/mol. The molecule has 0 atom stereocenters. The highest BCUT2D eigenvalue weighted by atomic mass is 35.5. The van der Waals surface area contributed by atoms with Crippen LogP contribution in [0.1, 0.15) is 11.1 Å². The first-order valence-corrected chi connectivity index (χ1v) is 6.18. The molecule has 0 aliphatic heterocycles. The number of nitrogens with two attached hydrogens (primary N) is 2. The quantitative estimate of drug-likeness (QED) is 0.623. The molecule has 0 amide bonds. The minimum atomic E-state index is 0.495. The normalized spacial score (nSPS) is 11.1. The summed E-state index contributed by atoms with van der Waals surface area (Å²) in [5.74, 6) is 0. The number of hydrogen-bond donors (Lipinski definition) is 2. The van der Waals surface area contributed by atoms with E-state index in [1.54, 1.807) is 12.1 Å². The topological polar surface area (TPSA) is 76.8 Å². The highest BCUT2D eigenvalue weighted by molar-refractivity contribution is 6.33. The summed E-state index contributed by atoms with van der Waals surface area (Å²) in [6.45, 7) is 3.86. The summed E-state index contributed by atoms with van der Waals surface area (Å²) in [4.78, 5) is 0. The fourth-order valence-electron chi connectivity index (χ4n) is 1.61. The van der Waals surface area contributed by atoms with Crippen molar-refractivity contribution in [3.8, 4) is 0 Å². The fraction of sp³-hybridized carbons (Fsp3) is 0.143. The molecule has 0 bridgehead atoms. The van der Waals surface area contributed by atoms with Crippen LogP contribution in [0.25, 0.3) is 0 Å². The van der Waals surface area contributed by atoms with Gasteiger partial charge in [0.2, 0.25) is 0 Å². The summed E-state index contributed by atoms with van der Waals surface area (Å²) in [6, 6.07) is 9.07. The lowest BCUT2D eigenvalue weighted by Crippen LogP contribution is -1.93. The maximum atomic E-state index is 6.09. The minimum absolute atomic E-state index is 0.495. The zero-order valence-corrected chi connectivity index (χ0v) is 11.6. The lowest BCUT2D eigenvalue weighted by atomic mass is 10.1. The molecule has 5 heteroatoms. The summed E-state index contributed by atoms with van der Waals surface area (Å²) >= 11 is 6.09. The van der Waals surface area contributed by atoms with Gasteiger partial charge in [-0.15, -0.1) is 10.2 Å². The van der Waals surface area contributed by atoms with Gasteiger partial charge in [-0.25, -0.2) is 0 Å². The van der Waals surface area contributed by atoms with Crippen molar-refractivity contribution < 1.29 is 0 Å². The van der Waals surface area contributed by atoms with Crippen molar-refractivity contribution in [2.45, 2.75) is 13.8 Å². The average Bonchev–Trinajstić information content (AvgIpc) is 2.34. The zero-order chi connectivity index (χ0) is 14.0. The van der Waals surface area contributed by atoms with Gasteiger partial charge in [-0.1, -0.05) is 17.7 Å². The summed E-state index contributed by atoms with van der Waals surface area (Å²) < 4.78 is 0. The summed E-state index contributed by atoms with van der Waals surface area (Å²) in [7, 11) is 0. The molecule has 98 valence electrons. The number of azo groups is 1. The van der Waals surface area contributed by atoms with Gasteiger partial charge in [0.05, 0.1) is 10.7 Å². The molecule has 0 unspecified atom stereocenters. The van der Waals surface area contributed by atoms with Crippen LogP contribution in [-0.2, 0) is 0 Å². The number of nitrogen functional groups attached to an aromatic ring is 2. The molecule has 2 aromatic carbocycles. The van der Waals surface area contributed by atoms with Crippen LogP contribution in [0.15, 0.2) is 40.6 Å². The van der Waals surface area contributed by atoms with E-state index in [0.29, 0.717) is 27.8 Å². The summed E-state index contributed by atoms with van der Waals surface area (Å²) in [5, 5.41) is 8.81. The largest absolute Gasteiger partial charge is 0.398 e. The second-order valence-electron chi connectivity index (χ2n) is 4.42. The molecular formula is C14H15ClN4. The summed E-state index contributed by atoms with van der Waals surface area (Å²) in [5.41, 5.74) is 15.9.